The van der Waals surface area contributed by atoms with Crippen LogP contribution < -0.4 is 5.73 Å². The summed E-state index contributed by atoms with van der Waals surface area (Å²) in [7, 11) is 0. The van der Waals surface area contributed by atoms with Gasteiger partial charge >= 0.3 is 6.09 Å². The molecular weight excluding hydrogens is 85.0 g/mol. The molecule has 0 heterocycles. The van der Waals surface area contributed by atoms with Crippen molar-refractivity contribution >= 4 is 23.5 Å². The molecule has 0 saturated carbocycles. The molecule has 0 unspecified atom stereocenters. The molecule has 0 aromatic rings. The van der Waals surface area contributed by atoms with Crippen LogP contribution in [0.2, 0.25) is 0 Å². The molecule has 0 aromatic heterocycles. The number of hydrogen-bond acceptors (Lipinski definition) is 1. The van der Waals surface area contributed by atoms with Crippen molar-refractivity contribution in [3.05, 3.63) is 0 Å². The smallest absolute Gasteiger partial charge is 0.402 e. The largest absolute Gasteiger partial charge is 0.465 e. The number of carboxylic acid groups (broad SMARTS) is 1. The highest BCUT2D eigenvalue weighted by Gasteiger charge is 1.65. The molecule has 0 aliphatic rings. The van der Waals surface area contributed by atoms with Gasteiger partial charge < -0.3 is 10.8 Å². The molecule has 1 amide bonds. The summed E-state index contributed by atoms with van der Waals surface area (Å²) < 4.78 is 0. The molecule has 0 aliphatic heterocycles. The van der Waals surface area contributed by atoms with E-state index in [0.29, 0.717) is 0 Å². The zero-order valence-corrected chi connectivity index (χ0v) is 1.93. The highest BCUT2D eigenvalue weighted by molar-refractivity contribution is 5.75. The number of nitrogens with two attached hydrogens (primary N) is 1. The van der Waals surface area contributed by atoms with E-state index in [2.05, 4.69) is 5.73 Å². The molecule has 0 rings (SSSR count). The molecule has 3 nitrogen and oxygen atoms in total. The third kappa shape index (κ3) is 317. The minimum Gasteiger partial charge on any atom is -0.465 e. The van der Waals surface area contributed by atoms with E-state index < -0.39 is 6.09 Å². The van der Waals surface area contributed by atoms with Crippen LogP contribution in [0.25, 0.3) is 0 Å². The molecule has 0 bridgehead atoms. The SMILES string of the molecule is NC(=O)O.[AlH3]. The summed E-state index contributed by atoms with van der Waals surface area (Å²) in [6.45, 7) is 0. The van der Waals surface area contributed by atoms with Gasteiger partial charge in [0, 0.05) is 0 Å². The Kier molecular flexibility index (Phi) is 6.72. The summed E-state index contributed by atoms with van der Waals surface area (Å²) in [6, 6.07) is 0. The van der Waals surface area contributed by atoms with Crippen LogP contribution in [0, 0.1) is 0 Å². The zero-order valence-electron chi connectivity index (χ0n) is 1.93. The highest BCUT2D eigenvalue weighted by atomic mass is 27.0. The van der Waals surface area contributed by atoms with Crippen LogP contribution in [-0.4, -0.2) is 28.6 Å². The normalized spacial score (nSPS) is 4.80. The van der Waals surface area contributed by atoms with Crippen molar-refractivity contribution in [2.75, 3.05) is 0 Å². The Morgan fingerprint density at radius 2 is 1.80 bits per heavy atom. The van der Waals surface area contributed by atoms with Crippen LogP contribution in [0.15, 0.2) is 0 Å². The Hall–Kier alpha value is -0.198. The van der Waals surface area contributed by atoms with E-state index in [-0.39, 0.29) is 17.4 Å². The maximum atomic E-state index is 8.78. The van der Waals surface area contributed by atoms with Crippen LogP contribution in [0.5, 0.6) is 0 Å². The average Bonchev–Trinajstić information content (AvgIpc) is 0.811. The molecule has 4 heteroatoms. The Bertz CT molecular complexity index is 32.6. The Balaban J connectivity index is 0. The van der Waals surface area contributed by atoms with E-state index in [1.54, 1.807) is 0 Å². The Morgan fingerprint density at radius 3 is 1.80 bits per heavy atom. The number of rotatable bonds is 0. The van der Waals surface area contributed by atoms with E-state index >= 15 is 0 Å². The summed E-state index contributed by atoms with van der Waals surface area (Å²) in [4.78, 5) is 8.78. The third-order valence-corrected chi connectivity index (χ3v) is 0. The summed E-state index contributed by atoms with van der Waals surface area (Å²) in [5.74, 6) is 0. The topological polar surface area (TPSA) is 63.3 Å². The standard InChI is InChI=1S/CH3NO2.Al.3H/c2-1(3)4;;;;/h2H2,(H,3,4);;;;. The van der Waals surface area contributed by atoms with E-state index in [0.717, 1.165) is 0 Å². The summed E-state index contributed by atoms with van der Waals surface area (Å²) in [5.41, 5.74) is 4.03. The van der Waals surface area contributed by atoms with Gasteiger partial charge in [0.1, 0.15) is 0 Å². The second kappa shape index (κ2) is 3.80. The second-order valence-corrected chi connectivity index (χ2v) is 0.338. The van der Waals surface area contributed by atoms with Gasteiger partial charge in [0.25, 0.3) is 0 Å². The first-order valence-electron chi connectivity index (χ1n) is 0.716. The quantitative estimate of drug-likeness (QED) is 0.354. The van der Waals surface area contributed by atoms with Gasteiger partial charge in [-0.15, -0.1) is 0 Å². The lowest BCUT2D eigenvalue weighted by molar-refractivity contribution is 0.205. The van der Waals surface area contributed by atoms with Crippen molar-refractivity contribution < 1.29 is 9.90 Å². The average molecular weight is 91.0 g/mol. The molecule has 0 spiro atoms. The zero-order chi connectivity index (χ0) is 3.58. The number of carbonyl (C=O) groups is 1. The van der Waals surface area contributed by atoms with Gasteiger partial charge in [-0.3, -0.25) is 0 Å². The van der Waals surface area contributed by atoms with Gasteiger partial charge in [0.2, 0.25) is 0 Å². The number of amides is 1. The lowest BCUT2D eigenvalue weighted by Gasteiger charge is -1.61. The van der Waals surface area contributed by atoms with Gasteiger partial charge in [-0.25, -0.2) is 4.79 Å². The van der Waals surface area contributed by atoms with E-state index in [1.807, 2.05) is 0 Å². The molecule has 0 radical (unpaired) electrons. The van der Waals surface area contributed by atoms with Crippen molar-refractivity contribution in [2.45, 2.75) is 0 Å². The first-order chi connectivity index (χ1) is 1.73. The first kappa shape index (κ1) is 8.84. The molecular formula is CH6AlNO2. The molecule has 0 aliphatic carbocycles. The highest BCUT2D eigenvalue weighted by Crippen LogP contribution is 1.34. The minimum atomic E-state index is -1.33. The number of primary amides is 1. The Morgan fingerprint density at radius 1 is 1.80 bits per heavy atom. The maximum absolute atomic E-state index is 8.78. The molecule has 0 fully saturated rings. The van der Waals surface area contributed by atoms with Crippen LogP contribution in [0.1, 0.15) is 0 Å². The van der Waals surface area contributed by atoms with Crippen LogP contribution in [0.4, 0.5) is 4.79 Å². The van der Waals surface area contributed by atoms with E-state index in [4.69, 9.17) is 9.90 Å². The van der Waals surface area contributed by atoms with E-state index in [1.165, 1.54) is 0 Å². The van der Waals surface area contributed by atoms with Gasteiger partial charge in [-0.1, -0.05) is 0 Å². The van der Waals surface area contributed by atoms with Crippen molar-refractivity contribution in [1.82, 2.24) is 0 Å². The van der Waals surface area contributed by atoms with Crippen LogP contribution in [-0.2, 0) is 0 Å². The molecule has 0 aromatic carbocycles. The van der Waals surface area contributed by atoms with Gasteiger partial charge in [-0.2, -0.15) is 0 Å². The molecule has 5 heavy (non-hydrogen) atoms. The fraction of sp³-hybridized carbons (Fsp3) is 0. The predicted molar refractivity (Wildman–Crippen MR) is 22.2 cm³/mol. The van der Waals surface area contributed by atoms with Crippen LogP contribution >= 0.6 is 0 Å². The van der Waals surface area contributed by atoms with E-state index in [9.17, 15) is 0 Å². The lowest BCUT2D eigenvalue weighted by Crippen LogP contribution is -2.03. The summed E-state index contributed by atoms with van der Waals surface area (Å²) in [6.07, 6.45) is -1.33. The number of hydrogen-bond donors (Lipinski definition) is 2. The first-order valence-corrected chi connectivity index (χ1v) is 0.716. The molecule has 0 atom stereocenters. The maximum Gasteiger partial charge on any atom is 0.402 e. The molecule has 3 N–H and O–H groups in total. The van der Waals surface area contributed by atoms with Crippen LogP contribution in [0.3, 0.4) is 0 Å². The van der Waals surface area contributed by atoms with Gasteiger partial charge in [0.05, 0.1) is 0 Å². The van der Waals surface area contributed by atoms with Crippen molar-refractivity contribution in [2.24, 2.45) is 5.73 Å². The van der Waals surface area contributed by atoms with Gasteiger partial charge in [0.15, 0.2) is 17.4 Å². The Labute approximate surface area is 39.9 Å². The molecule has 30 valence electrons. The van der Waals surface area contributed by atoms with Crippen molar-refractivity contribution in [1.29, 1.82) is 0 Å². The van der Waals surface area contributed by atoms with Crippen molar-refractivity contribution in [3.63, 3.8) is 0 Å². The summed E-state index contributed by atoms with van der Waals surface area (Å²) in [5, 5.41) is 7.19. The summed E-state index contributed by atoms with van der Waals surface area (Å²) >= 11 is 0. The third-order valence-electron chi connectivity index (χ3n) is 0. The monoisotopic (exact) mass is 91.0 g/mol. The fourth-order valence-corrected chi connectivity index (χ4v) is 0. The lowest BCUT2D eigenvalue weighted by atomic mass is 11.3. The second-order valence-electron chi connectivity index (χ2n) is 0.338. The van der Waals surface area contributed by atoms with Crippen molar-refractivity contribution in [3.8, 4) is 0 Å². The fourth-order valence-electron chi connectivity index (χ4n) is 0. The molecule has 0 saturated heterocycles. The predicted octanol–water partition coefficient (Wildman–Crippen LogP) is -1.56. The minimum absolute atomic E-state index is 0. The van der Waals surface area contributed by atoms with Gasteiger partial charge in [-0.05, 0) is 0 Å².